The molecular formula is C38H57BN4O5. The highest BCUT2D eigenvalue weighted by Crippen LogP contribution is 2.28. The summed E-state index contributed by atoms with van der Waals surface area (Å²) in [5.74, 6) is -0.125. The van der Waals surface area contributed by atoms with Gasteiger partial charge in [-0.1, -0.05) is 121 Å². The number of benzene rings is 2. The van der Waals surface area contributed by atoms with Crippen molar-refractivity contribution in [3.8, 4) is 0 Å². The second-order valence-corrected chi connectivity index (χ2v) is 12.3. The van der Waals surface area contributed by atoms with Crippen LogP contribution in [-0.4, -0.2) is 51.7 Å². The number of para-hydroxylation sites is 1. The molecular weight excluding hydrogens is 603 g/mol. The lowest BCUT2D eigenvalue weighted by atomic mass is 9.80. The Morgan fingerprint density at radius 1 is 0.812 bits per heavy atom. The minimum absolute atomic E-state index is 0.0268. The van der Waals surface area contributed by atoms with E-state index in [1.165, 1.54) is 64.2 Å². The fourth-order valence-electron chi connectivity index (χ4n) is 5.44. The van der Waals surface area contributed by atoms with Crippen molar-refractivity contribution in [2.24, 2.45) is 5.73 Å². The van der Waals surface area contributed by atoms with Crippen molar-refractivity contribution in [2.45, 2.75) is 116 Å². The number of hydrogen-bond acceptors (Lipinski definition) is 7. The standard InChI is InChI=1S/C24H35N3O2.C14H22BNO3/c1-2-3-4-5-6-7-8-13-18-27(23-16-11-12-17-26-23)22-15-10-9-14-20(22)19-21(25)24(28)29;1-2-3-4-5-6-10-14(17)16-13-9-7-8-12(11-13)15(18)19/h9-12,14-17,21H,2-8,13,18-19,25H2,1H3,(H,28,29);7-9,11,18-19H,2-6,10H2,1H3,(H,16,17)/t21-;/m0./s1. The summed E-state index contributed by atoms with van der Waals surface area (Å²) in [7, 11) is -1.51. The summed E-state index contributed by atoms with van der Waals surface area (Å²) < 4.78 is 0. The van der Waals surface area contributed by atoms with Crippen LogP contribution >= 0.6 is 0 Å². The van der Waals surface area contributed by atoms with Gasteiger partial charge in [-0.2, -0.15) is 0 Å². The van der Waals surface area contributed by atoms with Gasteiger partial charge in [-0.3, -0.25) is 9.59 Å². The molecule has 0 saturated heterocycles. The van der Waals surface area contributed by atoms with Gasteiger partial charge in [0.15, 0.2) is 0 Å². The van der Waals surface area contributed by atoms with Gasteiger partial charge in [0.05, 0.1) is 0 Å². The number of amides is 1. The number of nitrogens with one attached hydrogen (secondary N) is 1. The van der Waals surface area contributed by atoms with Crippen LogP contribution in [0.5, 0.6) is 0 Å². The molecule has 2 aromatic carbocycles. The number of carbonyl (C=O) groups excluding carboxylic acids is 1. The molecule has 0 aliphatic heterocycles. The van der Waals surface area contributed by atoms with Crippen molar-refractivity contribution in [3.63, 3.8) is 0 Å². The fourth-order valence-corrected chi connectivity index (χ4v) is 5.44. The number of nitrogens with two attached hydrogens (primary N) is 1. The molecule has 3 rings (SSSR count). The molecule has 0 radical (unpaired) electrons. The summed E-state index contributed by atoms with van der Waals surface area (Å²) in [6.07, 6.45) is 18.3. The zero-order valence-corrected chi connectivity index (χ0v) is 29.0. The third-order valence-electron chi connectivity index (χ3n) is 8.18. The number of carbonyl (C=O) groups is 2. The second kappa shape index (κ2) is 24.4. The van der Waals surface area contributed by atoms with Gasteiger partial charge in [-0.15, -0.1) is 0 Å². The zero-order chi connectivity index (χ0) is 35.0. The van der Waals surface area contributed by atoms with E-state index in [2.05, 4.69) is 29.0 Å². The largest absolute Gasteiger partial charge is 0.488 e. The van der Waals surface area contributed by atoms with Crippen LogP contribution in [0.3, 0.4) is 0 Å². The predicted molar refractivity (Wildman–Crippen MR) is 198 cm³/mol. The smallest absolute Gasteiger partial charge is 0.480 e. The maximum Gasteiger partial charge on any atom is 0.488 e. The molecule has 1 amide bonds. The first-order valence-corrected chi connectivity index (χ1v) is 17.8. The van der Waals surface area contributed by atoms with Crippen molar-refractivity contribution >= 4 is 41.7 Å². The number of rotatable bonds is 22. The van der Waals surface area contributed by atoms with Crippen molar-refractivity contribution in [3.05, 3.63) is 78.5 Å². The van der Waals surface area contributed by atoms with Crippen LogP contribution in [0.1, 0.15) is 109 Å². The van der Waals surface area contributed by atoms with E-state index in [0.29, 0.717) is 24.0 Å². The van der Waals surface area contributed by atoms with E-state index in [-0.39, 0.29) is 5.91 Å². The van der Waals surface area contributed by atoms with Gasteiger partial charge >= 0.3 is 13.1 Å². The van der Waals surface area contributed by atoms with E-state index in [1.807, 2.05) is 42.5 Å². The Balaban J connectivity index is 0.000000365. The van der Waals surface area contributed by atoms with E-state index >= 15 is 0 Å². The molecule has 1 atom stereocenters. The number of aromatic nitrogens is 1. The van der Waals surface area contributed by atoms with E-state index in [0.717, 1.165) is 42.9 Å². The molecule has 3 aromatic rings. The lowest BCUT2D eigenvalue weighted by Crippen LogP contribution is -2.33. The number of aliphatic carboxylic acids is 1. The fraction of sp³-hybridized carbons (Fsp3) is 0.500. The summed E-state index contributed by atoms with van der Waals surface area (Å²) in [5, 5.41) is 30.1. The molecule has 0 aliphatic rings. The summed E-state index contributed by atoms with van der Waals surface area (Å²) >= 11 is 0. The molecule has 9 nitrogen and oxygen atoms in total. The molecule has 0 aliphatic carbocycles. The van der Waals surface area contributed by atoms with Crippen molar-refractivity contribution in [1.82, 2.24) is 4.98 Å². The predicted octanol–water partition coefficient (Wildman–Crippen LogP) is 6.98. The van der Waals surface area contributed by atoms with Gasteiger partial charge in [0.2, 0.25) is 5.91 Å². The Kier molecular flexibility index (Phi) is 20.6. The molecule has 0 saturated carbocycles. The number of unbranched alkanes of at least 4 members (excludes halogenated alkanes) is 11. The summed E-state index contributed by atoms with van der Waals surface area (Å²) in [4.78, 5) is 29.7. The minimum atomic E-state index is -1.51. The summed E-state index contributed by atoms with van der Waals surface area (Å²) in [5.41, 5.74) is 8.72. The van der Waals surface area contributed by atoms with Crippen LogP contribution in [0.4, 0.5) is 17.2 Å². The van der Waals surface area contributed by atoms with Crippen LogP contribution in [0.2, 0.25) is 0 Å². The molecule has 0 fully saturated rings. The van der Waals surface area contributed by atoms with Crippen LogP contribution in [0, 0.1) is 0 Å². The van der Waals surface area contributed by atoms with Gasteiger partial charge in [0.25, 0.3) is 0 Å². The lowest BCUT2D eigenvalue weighted by Gasteiger charge is -2.27. The summed E-state index contributed by atoms with van der Waals surface area (Å²) in [6, 6.07) is 19.5. The number of carboxylic acids is 1. The molecule has 0 bridgehead atoms. The van der Waals surface area contributed by atoms with Crippen molar-refractivity contribution in [2.75, 3.05) is 16.8 Å². The Bertz CT molecular complexity index is 1310. The van der Waals surface area contributed by atoms with Crippen molar-refractivity contribution < 1.29 is 24.7 Å². The highest BCUT2D eigenvalue weighted by atomic mass is 16.4. The van der Waals surface area contributed by atoms with Gasteiger partial charge in [0.1, 0.15) is 11.9 Å². The van der Waals surface area contributed by atoms with Gasteiger partial charge < -0.3 is 31.1 Å². The quantitative estimate of drug-likeness (QED) is 0.0573. The molecule has 6 N–H and O–H groups in total. The Labute approximate surface area is 288 Å². The molecule has 1 aromatic heterocycles. The van der Waals surface area contributed by atoms with E-state index in [9.17, 15) is 14.7 Å². The molecule has 48 heavy (non-hydrogen) atoms. The van der Waals surface area contributed by atoms with Gasteiger partial charge in [-0.05, 0) is 54.2 Å². The molecule has 0 unspecified atom stereocenters. The maximum absolute atomic E-state index is 11.7. The first-order chi connectivity index (χ1) is 23.3. The Hall–Kier alpha value is -3.73. The highest BCUT2D eigenvalue weighted by Gasteiger charge is 2.19. The summed E-state index contributed by atoms with van der Waals surface area (Å²) in [6.45, 7) is 5.26. The Morgan fingerprint density at radius 3 is 2.06 bits per heavy atom. The molecule has 1 heterocycles. The third kappa shape index (κ3) is 16.4. The normalized spacial score (nSPS) is 11.3. The van der Waals surface area contributed by atoms with Crippen molar-refractivity contribution in [1.29, 1.82) is 0 Å². The SMILES string of the molecule is CCCCCCCC(=O)Nc1cccc(B(O)O)c1.CCCCCCCCCCN(c1ccccn1)c1ccccc1C[C@H](N)C(=O)O. The molecule has 0 spiro atoms. The minimum Gasteiger partial charge on any atom is -0.480 e. The number of carboxylic acid groups (broad SMARTS) is 1. The van der Waals surface area contributed by atoms with E-state index < -0.39 is 19.1 Å². The number of pyridine rings is 1. The van der Waals surface area contributed by atoms with Crippen LogP contribution in [0.25, 0.3) is 0 Å². The number of anilines is 3. The number of nitrogens with zero attached hydrogens (tertiary/aromatic N) is 2. The van der Waals surface area contributed by atoms with Crippen LogP contribution in [0.15, 0.2) is 72.9 Å². The topological polar surface area (TPSA) is 149 Å². The highest BCUT2D eigenvalue weighted by molar-refractivity contribution is 6.58. The van der Waals surface area contributed by atoms with Gasteiger partial charge in [-0.25, -0.2) is 4.98 Å². The van der Waals surface area contributed by atoms with Gasteiger partial charge in [0, 0.05) is 37.0 Å². The van der Waals surface area contributed by atoms with Crippen LogP contribution < -0.4 is 21.4 Å². The second-order valence-electron chi connectivity index (χ2n) is 12.3. The zero-order valence-electron chi connectivity index (χ0n) is 29.0. The maximum atomic E-state index is 11.7. The lowest BCUT2D eigenvalue weighted by molar-refractivity contribution is -0.138. The monoisotopic (exact) mass is 660 g/mol. The average Bonchev–Trinajstić information content (AvgIpc) is 3.08. The van der Waals surface area contributed by atoms with Crippen LogP contribution in [-0.2, 0) is 16.0 Å². The average molecular weight is 661 g/mol. The first kappa shape index (κ1) is 40.4. The van der Waals surface area contributed by atoms with E-state index in [1.54, 1.807) is 30.5 Å². The molecule has 262 valence electrons. The molecule has 10 heteroatoms. The third-order valence-corrected chi connectivity index (χ3v) is 8.18. The first-order valence-electron chi connectivity index (χ1n) is 17.8. The number of hydrogen-bond donors (Lipinski definition) is 5. The Morgan fingerprint density at radius 2 is 1.44 bits per heavy atom. The van der Waals surface area contributed by atoms with E-state index in [4.69, 9.17) is 15.8 Å².